The summed E-state index contributed by atoms with van der Waals surface area (Å²) in [5.74, 6) is 0.302. The number of ether oxygens (including phenoxy) is 1. The normalized spacial score (nSPS) is 15.4. The summed E-state index contributed by atoms with van der Waals surface area (Å²) in [6.07, 6.45) is 6.36. The van der Waals surface area contributed by atoms with Crippen LogP contribution in [0.1, 0.15) is 89.0 Å². The van der Waals surface area contributed by atoms with Crippen molar-refractivity contribution in [2.24, 2.45) is 0 Å². The summed E-state index contributed by atoms with van der Waals surface area (Å²) in [5.41, 5.74) is 2.17. The summed E-state index contributed by atoms with van der Waals surface area (Å²) in [6, 6.07) is 4.46. The van der Waals surface area contributed by atoms with Gasteiger partial charge in [-0.25, -0.2) is 4.79 Å². The van der Waals surface area contributed by atoms with Crippen LogP contribution in [0.4, 0.5) is 4.79 Å². The van der Waals surface area contributed by atoms with Gasteiger partial charge in [-0.05, 0) is 89.9 Å². The third-order valence-corrected chi connectivity index (χ3v) is 7.05. The van der Waals surface area contributed by atoms with Crippen LogP contribution in [0.25, 0.3) is 0 Å². The predicted molar refractivity (Wildman–Crippen MR) is 147 cm³/mol. The Morgan fingerprint density at radius 3 is 2.44 bits per heavy atom. The van der Waals surface area contributed by atoms with Gasteiger partial charge in [0, 0.05) is 12.6 Å². The summed E-state index contributed by atoms with van der Waals surface area (Å²) in [5, 5.41) is 5.89. The fourth-order valence-corrected chi connectivity index (χ4v) is 4.73. The molecule has 1 aliphatic carbocycles. The first-order chi connectivity index (χ1) is 17.0. The monoisotopic (exact) mass is 519 g/mol. The molecule has 202 valence electrons. The Morgan fingerprint density at radius 1 is 1.19 bits per heavy atom. The van der Waals surface area contributed by atoms with Gasteiger partial charge < -0.3 is 20.3 Å². The van der Waals surface area contributed by atoms with Crippen molar-refractivity contribution in [2.75, 3.05) is 18.6 Å². The predicted octanol–water partition coefficient (Wildman–Crippen LogP) is 5.29. The number of carbonyl (C=O) groups is 3. The summed E-state index contributed by atoms with van der Waals surface area (Å²) in [7, 11) is 0. The molecular weight excluding hydrogens is 474 g/mol. The van der Waals surface area contributed by atoms with Crippen molar-refractivity contribution in [3.05, 3.63) is 34.9 Å². The maximum absolute atomic E-state index is 14.2. The van der Waals surface area contributed by atoms with Crippen LogP contribution >= 0.6 is 11.8 Å². The first kappa shape index (κ1) is 30.0. The molecule has 1 aromatic carbocycles. The number of benzene rings is 1. The standard InChI is InChI=1S/C28H45N3O4S/c1-8-9-16-29-25(32)24(22-18-19(2)13-14-20(22)3)31(21-11-10-12-21)26(33)23(15-17-36-7)30-27(34)35-28(4,5)6/h13-14,18,21,23-24H,8-12,15-17H2,1-7H3,(H,29,32)(H,30,34). The lowest BCUT2D eigenvalue weighted by molar-refractivity contribution is -0.147. The van der Waals surface area contributed by atoms with E-state index in [1.165, 1.54) is 0 Å². The molecule has 36 heavy (non-hydrogen) atoms. The van der Waals surface area contributed by atoms with Crippen molar-refractivity contribution in [3.8, 4) is 0 Å². The first-order valence-corrected chi connectivity index (χ1v) is 14.5. The Hall–Kier alpha value is -2.22. The summed E-state index contributed by atoms with van der Waals surface area (Å²) >= 11 is 1.61. The van der Waals surface area contributed by atoms with Crippen molar-refractivity contribution in [1.82, 2.24) is 15.5 Å². The van der Waals surface area contributed by atoms with Crippen LogP contribution in [0.5, 0.6) is 0 Å². The minimum Gasteiger partial charge on any atom is -0.444 e. The van der Waals surface area contributed by atoms with Crippen LogP contribution in [-0.2, 0) is 14.3 Å². The number of nitrogens with zero attached hydrogens (tertiary/aromatic N) is 1. The van der Waals surface area contributed by atoms with Gasteiger partial charge in [0.1, 0.15) is 17.7 Å². The molecular formula is C28H45N3O4S. The van der Waals surface area contributed by atoms with Gasteiger partial charge in [-0.15, -0.1) is 0 Å². The maximum atomic E-state index is 14.2. The minimum absolute atomic E-state index is 0.0449. The van der Waals surface area contributed by atoms with Gasteiger partial charge in [-0.3, -0.25) is 9.59 Å². The smallest absolute Gasteiger partial charge is 0.408 e. The third-order valence-electron chi connectivity index (χ3n) is 6.41. The molecule has 2 unspecified atom stereocenters. The van der Waals surface area contributed by atoms with E-state index in [1.807, 2.05) is 38.3 Å². The van der Waals surface area contributed by atoms with E-state index >= 15 is 0 Å². The van der Waals surface area contributed by atoms with E-state index in [0.29, 0.717) is 18.7 Å². The molecule has 0 bridgehead atoms. The van der Waals surface area contributed by atoms with Gasteiger partial charge in [0.25, 0.3) is 0 Å². The molecule has 0 spiro atoms. The Kier molecular flexibility index (Phi) is 11.6. The number of hydrogen-bond donors (Lipinski definition) is 2. The lowest BCUT2D eigenvalue weighted by atomic mass is 9.87. The first-order valence-electron chi connectivity index (χ1n) is 13.1. The highest BCUT2D eigenvalue weighted by atomic mass is 32.2. The van der Waals surface area contributed by atoms with Gasteiger partial charge >= 0.3 is 6.09 Å². The largest absolute Gasteiger partial charge is 0.444 e. The second-order valence-electron chi connectivity index (χ2n) is 10.7. The highest BCUT2D eigenvalue weighted by Crippen LogP contribution is 2.35. The Morgan fingerprint density at radius 2 is 1.89 bits per heavy atom. The quantitative estimate of drug-likeness (QED) is 0.367. The fourth-order valence-electron chi connectivity index (χ4n) is 4.26. The molecule has 3 amide bonds. The topological polar surface area (TPSA) is 87.7 Å². The zero-order valence-corrected chi connectivity index (χ0v) is 23.9. The van der Waals surface area contributed by atoms with E-state index in [2.05, 4.69) is 17.6 Å². The van der Waals surface area contributed by atoms with Crippen LogP contribution in [-0.4, -0.2) is 59.0 Å². The number of hydrogen-bond acceptors (Lipinski definition) is 5. The van der Waals surface area contributed by atoms with E-state index < -0.39 is 23.8 Å². The maximum Gasteiger partial charge on any atom is 0.408 e. The number of carbonyl (C=O) groups excluding carboxylic acids is 3. The van der Waals surface area contributed by atoms with Crippen molar-refractivity contribution in [2.45, 2.75) is 104 Å². The van der Waals surface area contributed by atoms with E-state index in [1.54, 1.807) is 37.4 Å². The molecule has 0 heterocycles. The molecule has 0 aliphatic heterocycles. The van der Waals surface area contributed by atoms with E-state index in [9.17, 15) is 14.4 Å². The number of alkyl carbamates (subject to hydrolysis) is 1. The van der Waals surface area contributed by atoms with Crippen LogP contribution in [0.3, 0.4) is 0 Å². The van der Waals surface area contributed by atoms with Crippen LogP contribution < -0.4 is 10.6 Å². The van der Waals surface area contributed by atoms with E-state index in [0.717, 1.165) is 48.8 Å². The lowest BCUT2D eigenvalue weighted by Crippen LogP contribution is -2.57. The molecule has 7 nitrogen and oxygen atoms in total. The SMILES string of the molecule is CCCCNC(=O)C(c1cc(C)ccc1C)N(C(=O)C(CCSC)NC(=O)OC(C)(C)C)C1CCC1. The Labute approximate surface area is 221 Å². The molecule has 1 saturated carbocycles. The lowest BCUT2D eigenvalue weighted by Gasteiger charge is -2.44. The average Bonchev–Trinajstić information content (AvgIpc) is 2.75. The second-order valence-corrected chi connectivity index (χ2v) is 11.7. The molecule has 2 atom stereocenters. The number of thioether (sulfide) groups is 1. The van der Waals surface area contributed by atoms with Crippen molar-refractivity contribution < 1.29 is 19.1 Å². The number of aryl methyl sites for hydroxylation is 2. The zero-order chi connectivity index (χ0) is 26.9. The van der Waals surface area contributed by atoms with E-state index in [-0.39, 0.29) is 17.9 Å². The van der Waals surface area contributed by atoms with E-state index in [4.69, 9.17) is 4.74 Å². The number of nitrogens with one attached hydrogen (secondary N) is 2. The second kappa shape index (κ2) is 13.9. The van der Waals surface area contributed by atoms with Crippen molar-refractivity contribution in [3.63, 3.8) is 0 Å². The fraction of sp³-hybridized carbons (Fsp3) is 0.679. The highest BCUT2D eigenvalue weighted by molar-refractivity contribution is 7.98. The van der Waals surface area contributed by atoms with Crippen LogP contribution in [0.15, 0.2) is 18.2 Å². The Bertz CT molecular complexity index is 895. The molecule has 0 aromatic heterocycles. The van der Waals surface area contributed by atoms with Gasteiger partial charge in [0.2, 0.25) is 11.8 Å². The number of amides is 3. The molecule has 2 N–H and O–H groups in total. The minimum atomic E-state index is -0.774. The third kappa shape index (κ3) is 8.71. The molecule has 8 heteroatoms. The summed E-state index contributed by atoms with van der Waals surface area (Å²) < 4.78 is 5.46. The Balaban J connectivity index is 2.48. The van der Waals surface area contributed by atoms with Gasteiger partial charge in [0.15, 0.2) is 0 Å². The molecule has 1 aromatic rings. The molecule has 2 rings (SSSR count). The van der Waals surface area contributed by atoms with Crippen molar-refractivity contribution in [1.29, 1.82) is 0 Å². The average molecular weight is 520 g/mol. The van der Waals surface area contributed by atoms with Crippen LogP contribution in [0.2, 0.25) is 0 Å². The van der Waals surface area contributed by atoms with Gasteiger partial charge in [-0.1, -0.05) is 37.1 Å². The van der Waals surface area contributed by atoms with Gasteiger partial charge in [-0.2, -0.15) is 11.8 Å². The van der Waals surface area contributed by atoms with Crippen LogP contribution in [0, 0.1) is 13.8 Å². The highest BCUT2D eigenvalue weighted by Gasteiger charge is 2.42. The van der Waals surface area contributed by atoms with Gasteiger partial charge in [0.05, 0.1) is 0 Å². The summed E-state index contributed by atoms with van der Waals surface area (Å²) in [4.78, 5) is 42.3. The zero-order valence-electron chi connectivity index (χ0n) is 23.1. The molecule has 1 fully saturated rings. The molecule has 0 saturated heterocycles. The summed E-state index contributed by atoms with van der Waals surface area (Å²) in [6.45, 7) is 12.0. The molecule has 0 radical (unpaired) electrons. The molecule has 1 aliphatic rings. The van der Waals surface area contributed by atoms with Crippen molar-refractivity contribution >= 4 is 29.7 Å². The number of unbranched alkanes of at least 4 members (excludes halogenated alkanes) is 1. The number of rotatable bonds is 12.